The van der Waals surface area contributed by atoms with Gasteiger partial charge < -0.3 is 14.8 Å². The topological polar surface area (TPSA) is 50.8 Å². The second-order valence-corrected chi connectivity index (χ2v) is 8.33. The predicted octanol–water partition coefficient (Wildman–Crippen LogP) is 4.76. The van der Waals surface area contributed by atoms with Gasteiger partial charge in [0, 0.05) is 24.7 Å². The lowest BCUT2D eigenvalue weighted by Crippen LogP contribution is -2.47. The third-order valence-corrected chi connectivity index (χ3v) is 6.19. The van der Waals surface area contributed by atoms with Gasteiger partial charge in [0.05, 0.1) is 20.3 Å². The molecular weight excluding hydrogens is 419 g/mol. The molecule has 6 heteroatoms. The van der Waals surface area contributed by atoms with Gasteiger partial charge in [-0.3, -0.25) is 9.69 Å². The van der Waals surface area contributed by atoms with E-state index in [4.69, 9.17) is 9.47 Å². The third-order valence-electron chi connectivity index (χ3n) is 6.19. The highest BCUT2D eigenvalue weighted by Gasteiger charge is 2.34. The van der Waals surface area contributed by atoms with Gasteiger partial charge in [0.2, 0.25) is 0 Å². The molecule has 172 valence electrons. The highest BCUT2D eigenvalue weighted by molar-refractivity contribution is 5.94. The Balaban J connectivity index is 1.68. The maximum absolute atomic E-state index is 13.4. The van der Waals surface area contributed by atoms with Crippen LogP contribution >= 0.6 is 0 Å². The van der Waals surface area contributed by atoms with Crippen LogP contribution in [0.4, 0.5) is 4.39 Å². The lowest BCUT2D eigenvalue weighted by molar-refractivity contribution is 0.0877. The molecule has 1 aliphatic rings. The molecule has 5 nitrogen and oxygen atoms in total. The molecule has 0 saturated heterocycles. The van der Waals surface area contributed by atoms with Gasteiger partial charge in [-0.1, -0.05) is 30.3 Å². The van der Waals surface area contributed by atoms with E-state index >= 15 is 0 Å². The smallest absolute Gasteiger partial charge is 0.251 e. The van der Waals surface area contributed by atoms with E-state index in [0.29, 0.717) is 23.6 Å². The summed E-state index contributed by atoms with van der Waals surface area (Å²) in [5.74, 6) is 0.992. The van der Waals surface area contributed by atoms with Crippen LogP contribution in [0, 0.1) is 5.82 Å². The van der Waals surface area contributed by atoms with Gasteiger partial charge in [0.15, 0.2) is 11.5 Å². The standard InChI is InChI=1S/C27H29FN2O3/c1-18(29-27(31)20-7-5-4-6-8-20)26-23-16-25(33-3)24(32-2)15-21(23)13-14-30(26)17-19-9-11-22(28)12-10-19/h4-12,15-16,18,26H,13-14,17H2,1-3H3,(H,29,31)/t18-,26+/m0/s1. The predicted molar refractivity (Wildman–Crippen MR) is 126 cm³/mol. The fourth-order valence-electron chi connectivity index (χ4n) is 4.57. The minimum absolute atomic E-state index is 0.0914. The van der Waals surface area contributed by atoms with Gasteiger partial charge in [-0.15, -0.1) is 0 Å². The van der Waals surface area contributed by atoms with E-state index in [1.165, 1.54) is 17.7 Å². The molecule has 0 aromatic heterocycles. The minimum Gasteiger partial charge on any atom is -0.493 e. The number of methoxy groups -OCH3 is 2. The molecule has 33 heavy (non-hydrogen) atoms. The molecule has 0 fully saturated rings. The molecule has 0 radical (unpaired) electrons. The molecule has 4 rings (SSSR count). The van der Waals surface area contributed by atoms with Gasteiger partial charge in [-0.25, -0.2) is 4.39 Å². The number of fused-ring (bicyclic) bond motifs is 1. The maximum Gasteiger partial charge on any atom is 0.251 e. The monoisotopic (exact) mass is 448 g/mol. The number of nitrogens with one attached hydrogen (secondary N) is 1. The normalized spacial score (nSPS) is 16.5. The molecule has 1 N–H and O–H groups in total. The van der Waals surface area contributed by atoms with Crippen molar-refractivity contribution in [3.8, 4) is 11.5 Å². The van der Waals surface area contributed by atoms with Crippen LogP contribution in [0.2, 0.25) is 0 Å². The Labute approximate surface area is 194 Å². The van der Waals surface area contributed by atoms with E-state index < -0.39 is 0 Å². The van der Waals surface area contributed by atoms with Crippen LogP contribution in [0.5, 0.6) is 11.5 Å². The minimum atomic E-state index is -0.250. The number of hydrogen-bond donors (Lipinski definition) is 1. The summed E-state index contributed by atoms with van der Waals surface area (Å²) in [7, 11) is 3.26. The van der Waals surface area contributed by atoms with Crippen molar-refractivity contribution in [1.82, 2.24) is 10.2 Å². The maximum atomic E-state index is 13.4. The van der Waals surface area contributed by atoms with E-state index in [1.807, 2.05) is 49.4 Å². The number of benzene rings is 3. The van der Waals surface area contributed by atoms with Crippen molar-refractivity contribution >= 4 is 5.91 Å². The van der Waals surface area contributed by atoms with Crippen molar-refractivity contribution in [3.05, 3.63) is 94.8 Å². The Morgan fingerprint density at radius 3 is 2.39 bits per heavy atom. The fraction of sp³-hybridized carbons (Fsp3) is 0.296. The van der Waals surface area contributed by atoms with Gasteiger partial charge in [0.1, 0.15) is 5.82 Å². The average molecular weight is 449 g/mol. The van der Waals surface area contributed by atoms with Crippen molar-refractivity contribution in [2.75, 3.05) is 20.8 Å². The Hall–Kier alpha value is -3.38. The average Bonchev–Trinajstić information content (AvgIpc) is 2.84. The molecule has 3 aromatic carbocycles. The second kappa shape index (κ2) is 10.0. The summed E-state index contributed by atoms with van der Waals surface area (Å²) < 4.78 is 24.5. The van der Waals surface area contributed by atoms with Crippen LogP contribution in [-0.4, -0.2) is 37.6 Å². The summed E-state index contributed by atoms with van der Waals surface area (Å²) in [6, 6.07) is 19.6. The van der Waals surface area contributed by atoms with E-state index in [2.05, 4.69) is 10.2 Å². The zero-order valence-electron chi connectivity index (χ0n) is 19.2. The van der Waals surface area contributed by atoms with Crippen LogP contribution in [0.1, 0.15) is 40.0 Å². The molecule has 0 unspecified atom stereocenters. The lowest BCUT2D eigenvalue weighted by Gasteiger charge is -2.41. The summed E-state index contributed by atoms with van der Waals surface area (Å²) in [6.07, 6.45) is 0.840. The van der Waals surface area contributed by atoms with Crippen molar-refractivity contribution in [2.24, 2.45) is 0 Å². The van der Waals surface area contributed by atoms with Gasteiger partial charge in [-0.05, 0) is 66.4 Å². The van der Waals surface area contributed by atoms with Gasteiger partial charge in [0.25, 0.3) is 5.91 Å². The number of carbonyl (C=O) groups is 1. The highest BCUT2D eigenvalue weighted by atomic mass is 19.1. The SMILES string of the molecule is COc1cc2c(cc1OC)[C@@H]([C@H](C)NC(=O)c1ccccc1)N(Cc1ccc(F)cc1)CC2. The Morgan fingerprint density at radius 2 is 1.73 bits per heavy atom. The molecule has 1 heterocycles. The molecule has 3 aromatic rings. The molecule has 1 amide bonds. The molecule has 0 aliphatic carbocycles. The van der Waals surface area contributed by atoms with E-state index in [1.54, 1.807) is 26.4 Å². The largest absolute Gasteiger partial charge is 0.493 e. The number of carbonyl (C=O) groups excluding carboxylic acids is 1. The van der Waals surface area contributed by atoms with Crippen LogP contribution in [-0.2, 0) is 13.0 Å². The Kier molecular flexibility index (Phi) is 6.94. The van der Waals surface area contributed by atoms with Crippen LogP contribution in [0.25, 0.3) is 0 Å². The first kappa shape index (κ1) is 22.8. The first-order valence-electron chi connectivity index (χ1n) is 11.1. The highest BCUT2D eigenvalue weighted by Crippen LogP contribution is 2.40. The summed E-state index contributed by atoms with van der Waals surface area (Å²) in [6.45, 7) is 3.47. The molecule has 0 bridgehead atoms. The van der Waals surface area contributed by atoms with Crippen molar-refractivity contribution in [3.63, 3.8) is 0 Å². The summed E-state index contributed by atoms with van der Waals surface area (Å²) in [5, 5.41) is 3.19. The van der Waals surface area contributed by atoms with E-state index in [-0.39, 0.29) is 23.8 Å². The molecule has 0 saturated carbocycles. The van der Waals surface area contributed by atoms with Crippen molar-refractivity contribution < 1.29 is 18.7 Å². The number of halogens is 1. The molecule has 2 atom stereocenters. The van der Waals surface area contributed by atoms with Crippen LogP contribution in [0.15, 0.2) is 66.7 Å². The van der Waals surface area contributed by atoms with E-state index in [0.717, 1.165) is 24.1 Å². The van der Waals surface area contributed by atoms with Crippen molar-refractivity contribution in [2.45, 2.75) is 32.0 Å². The molecular formula is C27H29FN2O3. The summed E-state index contributed by atoms with van der Waals surface area (Å²) in [4.78, 5) is 15.3. The number of ether oxygens (including phenoxy) is 2. The number of hydrogen-bond acceptors (Lipinski definition) is 4. The molecule has 0 spiro atoms. The van der Waals surface area contributed by atoms with Crippen LogP contribution in [0.3, 0.4) is 0 Å². The lowest BCUT2D eigenvalue weighted by atomic mass is 9.87. The first-order valence-corrected chi connectivity index (χ1v) is 11.1. The summed E-state index contributed by atoms with van der Waals surface area (Å²) in [5.41, 5.74) is 3.92. The zero-order valence-corrected chi connectivity index (χ0v) is 19.2. The van der Waals surface area contributed by atoms with Crippen molar-refractivity contribution in [1.29, 1.82) is 0 Å². The summed E-state index contributed by atoms with van der Waals surface area (Å²) >= 11 is 0. The van der Waals surface area contributed by atoms with Gasteiger partial charge >= 0.3 is 0 Å². The molecule has 1 aliphatic heterocycles. The van der Waals surface area contributed by atoms with Gasteiger partial charge in [-0.2, -0.15) is 0 Å². The second-order valence-electron chi connectivity index (χ2n) is 8.33. The number of rotatable bonds is 7. The Bertz CT molecular complexity index is 1100. The van der Waals surface area contributed by atoms with E-state index in [9.17, 15) is 9.18 Å². The zero-order chi connectivity index (χ0) is 23.4. The first-order chi connectivity index (χ1) is 16.0. The fourth-order valence-corrected chi connectivity index (χ4v) is 4.57. The number of nitrogens with zero attached hydrogens (tertiary/aromatic N) is 1. The number of amides is 1. The van der Waals surface area contributed by atoms with Crippen LogP contribution < -0.4 is 14.8 Å². The quantitative estimate of drug-likeness (QED) is 0.566. The Morgan fingerprint density at radius 1 is 1.06 bits per heavy atom. The third kappa shape index (κ3) is 5.01.